The molecule has 3 aliphatic carbocycles. The van der Waals surface area contributed by atoms with Gasteiger partial charge in [-0.2, -0.15) is 0 Å². The van der Waals surface area contributed by atoms with E-state index in [1.54, 1.807) is 0 Å². The van der Waals surface area contributed by atoms with Crippen LogP contribution in [0.4, 0.5) is 0 Å². The highest BCUT2D eigenvalue weighted by atomic mass is 127. The molecule has 0 aromatic rings. The van der Waals surface area contributed by atoms with Crippen molar-refractivity contribution in [2.75, 3.05) is 0 Å². The van der Waals surface area contributed by atoms with Gasteiger partial charge in [0.15, 0.2) is 0 Å². The van der Waals surface area contributed by atoms with Crippen LogP contribution in [0, 0.1) is 17.3 Å². The van der Waals surface area contributed by atoms with E-state index in [1.807, 2.05) is 6.92 Å². The molecule has 0 amide bonds. The number of fused-ring (bicyclic) bond motifs is 1. The first kappa shape index (κ1) is 10.6. The lowest BCUT2D eigenvalue weighted by Gasteiger charge is -2.50. The summed E-state index contributed by atoms with van der Waals surface area (Å²) in [5.41, 5.74) is -0.628. The number of alkyl halides is 1. The highest BCUT2D eigenvalue weighted by Gasteiger charge is 2.73. The molecule has 0 radical (unpaired) electrons. The van der Waals surface area contributed by atoms with E-state index in [2.05, 4.69) is 16.7 Å². The van der Waals surface area contributed by atoms with Crippen molar-refractivity contribution >= 4 is 37.2 Å². The molecule has 1 saturated heterocycles. The quantitative estimate of drug-likeness (QED) is 0.242. The van der Waals surface area contributed by atoms with Gasteiger partial charge in [-0.3, -0.25) is 9.59 Å². The highest BCUT2D eigenvalue weighted by Crippen LogP contribution is 2.64. The molecule has 1 heterocycles. The minimum atomic E-state index is -0.628. The molecule has 86 valence electrons. The molecule has 4 rings (SSSR count). The molecular weight excluding hydrogens is 319 g/mol. The summed E-state index contributed by atoms with van der Waals surface area (Å²) in [7, 11) is 0. The average Bonchev–Trinajstić information content (AvgIpc) is 2.51. The summed E-state index contributed by atoms with van der Waals surface area (Å²) in [5, 5.41) is 0. The summed E-state index contributed by atoms with van der Waals surface area (Å²) in [6, 6.07) is 0. The molecule has 0 aromatic heterocycles. The summed E-state index contributed by atoms with van der Waals surface area (Å²) < 4.78 is 8.39. The summed E-state index contributed by atoms with van der Waals surface area (Å²) in [4.78, 5) is 24.1. The molecule has 3 unspecified atom stereocenters. The Morgan fingerprint density at radius 3 is 2.44 bits per heavy atom. The zero-order valence-electron chi connectivity index (χ0n) is 9.03. The fourth-order valence-electron chi connectivity index (χ4n) is 3.51. The third-order valence-electron chi connectivity index (χ3n) is 4.49. The number of esters is 2. The van der Waals surface area contributed by atoms with E-state index in [4.69, 9.17) is 4.74 Å². The standard InChI is InChI=1S/C12H13IO3/c1-11-7-3-5-8(6-4-7)12(11,13-2)10(15)16-9(11)14/h3,5,7-8H,2,4,6H2,1H3/t7?,8?,11?,12-/m0/s1. The fraction of sp³-hybridized carbons (Fsp3) is 0.583. The lowest BCUT2D eigenvalue weighted by molar-refractivity contribution is -0.155. The predicted molar refractivity (Wildman–Crippen MR) is 68.4 cm³/mol. The van der Waals surface area contributed by atoms with Gasteiger partial charge in [0.05, 0.1) is 5.41 Å². The van der Waals surface area contributed by atoms with E-state index in [0.29, 0.717) is 0 Å². The Morgan fingerprint density at radius 1 is 1.31 bits per heavy atom. The van der Waals surface area contributed by atoms with Crippen LogP contribution in [-0.4, -0.2) is 19.9 Å². The smallest absolute Gasteiger partial charge is 0.331 e. The number of carbonyl (C=O) groups is 2. The summed E-state index contributed by atoms with van der Waals surface area (Å²) in [5.74, 6) is -0.286. The van der Waals surface area contributed by atoms with Gasteiger partial charge in [-0.15, -0.1) is 20.7 Å². The van der Waals surface area contributed by atoms with Crippen LogP contribution in [0.3, 0.4) is 0 Å². The van der Waals surface area contributed by atoms with Gasteiger partial charge in [0.25, 0.3) is 0 Å². The molecule has 0 spiro atoms. The number of hydrogen-bond acceptors (Lipinski definition) is 3. The Morgan fingerprint density at radius 2 is 1.94 bits per heavy atom. The number of ether oxygens (including phenoxy) is 1. The first-order valence-electron chi connectivity index (χ1n) is 5.42. The number of hydrogen-bond donors (Lipinski definition) is 0. The van der Waals surface area contributed by atoms with Gasteiger partial charge in [-0.05, 0) is 25.7 Å². The second-order valence-corrected chi connectivity index (χ2v) is 7.36. The van der Waals surface area contributed by atoms with E-state index < -0.39 is 29.6 Å². The molecule has 1 saturated carbocycles. The maximum absolute atomic E-state index is 12.1. The van der Waals surface area contributed by atoms with E-state index >= 15 is 0 Å². The van der Waals surface area contributed by atoms with Crippen molar-refractivity contribution in [2.45, 2.75) is 23.2 Å². The molecule has 16 heavy (non-hydrogen) atoms. The highest BCUT2D eigenvalue weighted by molar-refractivity contribution is 14.2. The van der Waals surface area contributed by atoms with E-state index in [-0.39, 0.29) is 23.8 Å². The van der Waals surface area contributed by atoms with Gasteiger partial charge in [0.2, 0.25) is 0 Å². The van der Waals surface area contributed by atoms with Crippen molar-refractivity contribution in [3.63, 3.8) is 0 Å². The van der Waals surface area contributed by atoms with Crippen LogP contribution < -0.4 is 0 Å². The van der Waals surface area contributed by atoms with Crippen LogP contribution in [0.2, 0.25) is 0 Å². The zero-order chi connectivity index (χ0) is 11.6. The molecule has 0 aromatic carbocycles. The monoisotopic (exact) mass is 332 g/mol. The average molecular weight is 332 g/mol. The van der Waals surface area contributed by atoms with Gasteiger partial charge in [0, 0.05) is 5.92 Å². The lowest BCUT2D eigenvalue weighted by Crippen LogP contribution is -2.58. The van der Waals surface area contributed by atoms with Crippen molar-refractivity contribution < 1.29 is 14.3 Å². The number of halogens is 1. The molecule has 0 N–H and O–H groups in total. The van der Waals surface area contributed by atoms with Gasteiger partial charge >= 0.3 is 11.9 Å². The van der Waals surface area contributed by atoms with Crippen molar-refractivity contribution in [3.05, 3.63) is 12.2 Å². The molecule has 1 aliphatic heterocycles. The Hall–Kier alpha value is -0.520. The van der Waals surface area contributed by atoms with Crippen LogP contribution in [-0.2, 0) is 14.3 Å². The molecular formula is C12H13IO3. The fourth-order valence-corrected chi connectivity index (χ4v) is 6.43. The van der Waals surface area contributed by atoms with Crippen LogP contribution >= 0.6 is 20.7 Å². The summed E-state index contributed by atoms with van der Waals surface area (Å²) >= 11 is -0.608. The molecule has 2 bridgehead atoms. The normalized spacial score (nSPS) is 49.3. The molecule has 4 atom stereocenters. The first-order chi connectivity index (χ1) is 7.57. The Labute approximate surface area is 104 Å². The topological polar surface area (TPSA) is 43.4 Å². The largest absolute Gasteiger partial charge is 0.392 e. The lowest BCUT2D eigenvalue weighted by atomic mass is 9.55. The van der Waals surface area contributed by atoms with Gasteiger partial charge in [0.1, 0.15) is 3.42 Å². The van der Waals surface area contributed by atoms with Crippen LogP contribution in [0.5, 0.6) is 0 Å². The number of allylic oxidation sites excluding steroid dienone is 2. The van der Waals surface area contributed by atoms with E-state index in [0.717, 1.165) is 12.8 Å². The third-order valence-corrected chi connectivity index (χ3v) is 8.05. The summed E-state index contributed by atoms with van der Waals surface area (Å²) in [6.07, 6.45) is 6.20. The third kappa shape index (κ3) is 0.858. The SMILES string of the molecule is C=I[C@@]12C(=O)OC(=O)C1(C)C1C=CC2CC1. The minimum absolute atomic E-state index is 0.165. The molecule has 4 heteroatoms. The van der Waals surface area contributed by atoms with E-state index in [9.17, 15) is 9.59 Å². The summed E-state index contributed by atoms with van der Waals surface area (Å²) in [6.45, 7) is 1.91. The van der Waals surface area contributed by atoms with Crippen LogP contribution in [0.1, 0.15) is 19.8 Å². The minimum Gasteiger partial charge on any atom is -0.392 e. The molecule has 4 aliphatic rings. The first-order valence-corrected chi connectivity index (χ1v) is 8.02. The van der Waals surface area contributed by atoms with Gasteiger partial charge in [-0.25, -0.2) is 0 Å². The number of carbonyl (C=O) groups excluding carboxylic acids is 2. The number of rotatable bonds is 1. The van der Waals surface area contributed by atoms with Gasteiger partial charge < -0.3 is 4.74 Å². The second-order valence-electron chi connectivity index (χ2n) is 4.90. The van der Waals surface area contributed by atoms with Crippen molar-refractivity contribution in [1.82, 2.24) is 0 Å². The molecule has 2 fully saturated rings. The maximum Gasteiger partial charge on any atom is 0.331 e. The number of cyclic esters (lactones) is 2. The van der Waals surface area contributed by atoms with Gasteiger partial charge in [-0.1, -0.05) is 16.7 Å². The molecule has 3 nitrogen and oxygen atoms in total. The van der Waals surface area contributed by atoms with Crippen LogP contribution in [0.15, 0.2) is 12.2 Å². The van der Waals surface area contributed by atoms with E-state index in [1.165, 1.54) is 0 Å². The Kier molecular flexibility index (Phi) is 2.01. The zero-order valence-corrected chi connectivity index (χ0v) is 11.2. The predicted octanol–water partition coefficient (Wildman–Crippen LogP) is 1.81. The van der Waals surface area contributed by atoms with Crippen molar-refractivity contribution in [2.24, 2.45) is 17.3 Å². The van der Waals surface area contributed by atoms with Crippen LogP contribution in [0.25, 0.3) is 0 Å². The Bertz CT molecular complexity index is 442. The second kappa shape index (κ2) is 3.03. The van der Waals surface area contributed by atoms with Crippen molar-refractivity contribution in [1.29, 1.82) is 0 Å². The Balaban J connectivity index is 2.30. The maximum atomic E-state index is 12.1. The van der Waals surface area contributed by atoms with Crippen molar-refractivity contribution in [3.8, 4) is 0 Å².